The summed E-state index contributed by atoms with van der Waals surface area (Å²) in [5.74, 6) is 0.834. The fourth-order valence-electron chi connectivity index (χ4n) is 1.57. The van der Waals surface area contributed by atoms with Gasteiger partial charge in [-0.3, -0.25) is 0 Å². The summed E-state index contributed by atoms with van der Waals surface area (Å²) >= 11 is 1.76. The smallest absolute Gasteiger partial charge is 0.128 e. The first-order chi connectivity index (χ1) is 7.79. The Labute approximate surface area is 99.3 Å². The molecule has 2 aromatic heterocycles. The minimum atomic E-state index is 0.314. The van der Waals surface area contributed by atoms with Crippen LogP contribution in [0.25, 0.3) is 0 Å². The van der Waals surface area contributed by atoms with E-state index in [4.69, 9.17) is 5.73 Å². The van der Waals surface area contributed by atoms with Gasteiger partial charge in [-0.25, -0.2) is 4.98 Å². The van der Waals surface area contributed by atoms with Crippen molar-refractivity contribution in [3.8, 4) is 0 Å². The molecule has 0 bridgehead atoms. The zero-order valence-electron chi connectivity index (χ0n) is 9.18. The second kappa shape index (κ2) is 4.99. The third kappa shape index (κ3) is 2.52. The number of thiophene rings is 1. The summed E-state index contributed by atoms with van der Waals surface area (Å²) in [7, 11) is 0. The number of nitrogens with zero attached hydrogens (tertiary/aromatic N) is 1. The molecule has 0 radical (unpaired) electrons. The van der Waals surface area contributed by atoms with Gasteiger partial charge in [-0.15, -0.1) is 11.3 Å². The number of hydrogen-bond donors (Lipinski definition) is 2. The summed E-state index contributed by atoms with van der Waals surface area (Å²) in [6, 6.07) is 8.16. The lowest BCUT2D eigenvalue weighted by Crippen LogP contribution is -2.09. The zero-order chi connectivity index (χ0) is 11.4. The highest BCUT2D eigenvalue weighted by molar-refractivity contribution is 7.10. The van der Waals surface area contributed by atoms with Crippen LogP contribution < -0.4 is 11.1 Å². The van der Waals surface area contributed by atoms with Crippen LogP contribution in [0.1, 0.15) is 24.3 Å². The van der Waals surface area contributed by atoms with Gasteiger partial charge in [-0.05, 0) is 23.9 Å². The molecule has 4 heteroatoms. The number of hydrogen-bond acceptors (Lipinski definition) is 4. The van der Waals surface area contributed by atoms with Crippen molar-refractivity contribution < 1.29 is 0 Å². The van der Waals surface area contributed by atoms with Gasteiger partial charge >= 0.3 is 0 Å². The molecule has 3 N–H and O–H groups in total. The van der Waals surface area contributed by atoms with Crippen LogP contribution in [-0.4, -0.2) is 4.98 Å². The molecule has 0 amide bonds. The molecule has 2 heterocycles. The number of aromatic nitrogens is 1. The van der Waals surface area contributed by atoms with Crippen molar-refractivity contribution in [2.24, 2.45) is 0 Å². The Morgan fingerprint density at radius 1 is 1.50 bits per heavy atom. The Morgan fingerprint density at radius 3 is 3.00 bits per heavy atom. The maximum atomic E-state index is 5.72. The second-order valence-electron chi connectivity index (χ2n) is 3.60. The Kier molecular flexibility index (Phi) is 3.41. The fraction of sp³-hybridized carbons (Fsp3) is 0.250. The van der Waals surface area contributed by atoms with Crippen LogP contribution in [0.5, 0.6) is 0 Å². The van der Waals surface area contributed by atoms with Gasteiger partial charge in [0, 0.05) is 22.8 Å². The van der Waals surface area contributed by atoms with E-state index in [0.29, 0.717) is 6.04 Å². The molecule has 0 aromatic carbocycles. The van der Waals surface area contributed by atoms with Gasteiger partial charge in [0.05, 0.1) is 6.04 Å². The number of pyridine rings is 1. The number of nitrogens with two attached hydrogens (primary N) is 1. The molecule has 0 aliphatic rings. The predicted molar refractivity (Wildman–Crippen MR) is 69.6 cm³/mol. The highest BCUT2D eigenvalue weighted by atomic mass is 32.1. The van der Waals surface area contributed by atoms with Crippen molar-refractivity contribution in [2.75, 3.05) is 11.1 Å². The lowest BCUT2D eigenvalue weighted by Gasteiger charge is -2.16. The minimum absolute atomic E-state index is 0.314. The molecule has 0 fully saturated rings. The predicted octanol–water partition coefficient (Wildman–Crippen LogP) is 3.29. The molecule has 1 unspecified atom stereocenters. The van der Waals surface area contributed by atoms with Gasteiger partial charge in [-0.2, -0.15) is 0 Å². The molecule has 16 heavy (non-hydrogen) atoms. The summed E-state index contributed by atoms with van der Waals surface area (Å²) in [6.45, 7) is 2.16. The van der Waals surface area contributed by atoms with Gasteiger partial charge in [0.15, 0.2) is 0 Å². The molecule has 0 saturated heterocycles. The van der Waals surface area contributed by atoms with Gasteiger partial charge in [0.25, 0.3) is 0 Å². The number of rotatable bonds is 4. The number of nitrogens with one attached hydrogen (secondary N) is 1. The standard InChI is InChI=1S/C12H15N3S/c1-2-10(11-4-3-7-16-11)15-12-8-9(13)5-6-14-12/h3-8,10H,2H2,1H3,(H3,13,14,15). The van der Waals surface area contributed by atoms with Crippen LogP contribution >= 0.6 is 11.3 Å². The van der Waals surface area contributed by atoms with Gasteiger partial charge in [-0.1, -0.05) is 13.0 Å². The third-order valence-electron chi connectivity index (χ3n) is 2.40. The van der Waals surface area contributed by atoms with Crippen LogP contribution in [0.15, 0.2) is 35.8 Å². The first kappa shape index (κ1) is 11.0. The summed E-state index contributed by atoms with van der Waals surface area (Å²) in [5.41, 5.74) is 6.45. The van der Waals surface area contributed by atoms with E-state index in [-0.39, 0.29) is 0 Å². The molecule has 0 aliphatic carbocycles. The normalized spacial score (nSPS) is 12.3. The Hall–Kier alpha value is -1.55. The molecular formula is C12H15N3S. The second-order valence-corrected chi connectivity index (χ2v) is 4.57. The Bertz CT molecular complexity index is 439. The first-order valence-electron chi connectivity index (χ1n) is 5.31. The quantitative estimate of drug-likeness (QED) is 0.852. The Morgan fingerprint density at radius 2 is 2.38 bits per heavy atom. The largest absolute Gasteiger partial charge is 0.399 e. The van der Waals surface area contributed by atoms with Crippen LogP contribution in [0.2, 0.25) is 0 Å². The molecular weight excluding hydrogens is 218 g/mol. The summed E-state index contributed by atoms with van der Waals surface area (Å²) < 4.78 is 0. The molecule has 3 nitrogen and oxygen atoms in total. The lowest BCUT2D eigenvalue weighted by atomic mass is 10.2. The van der Waals surface area contributed by atoms with E-state index in [2.05, 4.69) is 34.7 Å². The Balaban J connectivity index is 2.13. The molecule has 0 saturated carbocycles. The average Bonchev–Trinajstić information content (AvgIpc) is 2.79. The van der Waals surface area contributed by atoms with Crippen molar-refractivity contribution in [1.29, 1.82) is 0 Å². The molecule has 2 rings (SSSR count). The highest BCUT2D eigenvalue weighted by Gasteiger charge is 2.10. The van der Waals surface area contributed by atoms with Crippen LogP contribution in [-0.2, 0) is 0 Å². The SMILES string of the molecule is CCC(Nc1cc(N)ccn1)c1cccs1. The van der Waals surface area contributed by atoms with Crippen LogP contribution in [0.3, 0.4) is 0 Å². The van der Waals surface area contributed by atoms with Crippen molar-refractivity contribution in [2.45, 2.75) is 19.4 Å². The highest BCUT2D eigenvalue weighted by Crippen LogP contribution is 2.25. The van der Waals surface area contributed by atoms with E-state index in [0.717, 1.165) is 17.9 Å². The maximum absolute atomic E-state index is 5.72. The summed E-state index contributed by atoms with van der Waals surface area (Å²) in [4.78, 5) is 5.58. The number of nitrogen functional groups attached to an aromatic ring is 1. The van der Waals surface area contributed by atoms with Crippen molar-refractivity contribution in [3.63, 3.8) is 0 Å². The van der Waals surface area contributed by atoms with E-state index in [9.17, 15) is 0 Å². The maximum Gasteiger partial charge on any atom is 0.128 e. The lowest BCUT2D eigenvalue weighted by molar-refractivity contribution is 0.759. The minimum Gasteiger partial charge on any atom is -0.399 e. The monoisotopic (exact) mass is 233 g/mol. The average molecular weight is 233 g/mol. The fourth-order valence-corrected chi connectivity index (χ4v) is 2.43. The van der Waals surface area contributed by atoms with E-state index in [1.165, 1.54) is 4.88 Å². The van der Waals surface area contributed by atoms with E-state index < -0.39 is 0 Å². The van der Waals surface area contributed by atoms with Gasteiger partial charge in [0.2, 0.25) is 0 Å². The number of anilines is 2. The molecule has 84 valence electrons. The van der Waals surface area contributed by atoms with Gasteiger partial charge < -0.3 is 11.1 Å². The zero-order valence-corrected chi connectivity index (χ0v) is 10.00. The van der Waals surface area contributed by atoms with E-state index >= 15 is 0 Å². The van der Waals surface area contributed by atoms with Crippen LogP contribution in [0, 0.1) is 0 Å². The molecule has 0 spiro atoms. The molecule has 2 aromatic rings. The van der Waals surface area contributed by atoms with Crippen molar-refractivity contribution >= 4 is 22.8 Å². The first-order valence-corrected chi connectivity index (χ1v) is 6.19. The van der Waals surface area contributed by atoms with Crippen molar-refractivity contribution in [3.05, 3.63) is 40.7 Å². The molecule has 1 atom stereocenters. The topological polar surface area (TPSA) is 50.9 Å². The molecule has 0 aliphatic heterocycles. The van der Waals surface area contributed by atoms with Crippen LogP contribution in [0.4, 0.5) is 11.5 Å². The summed E-state index contributed by atoms with van der Waals surface area (Å²) in [6.07, 6.45) is 2.75. The third-order valence-corrected chi connectivity index (χ3v) is 3.39. The summed E-state index contributed by atoms with van der Waals surface area (Å²) in [5, 5.41) is 5.48. The van der Waals surface area contributed by atoms with Crippen molar-refractivity contribution in [1.82, 2.24) is 4.98 Å². The van der Waals surface area contributed by atoms with Gasteiger partial charge in [0.1, 0.15) is 5.82 Å². The van der Waals surface area contributed by atoms with E-state index in [1.807, 2.05) is 6.07 Å². The van der Waals surface area contributed by atoms with E-state index in [1.54, 1.807) is 23.6 Å².